The van der Waals surface area contributed by atoms with Crippen molar-refractivity contribution in [3.8, 4) is 0 Å². The minimum atomic E-state index is -0.499. The number of hydrogen-bond donors (Lipinski definition) is 0. The molecular formula is C10H10BrNO4. The highest BCUT2D eigenvalue weighted by atomic mass is 79.9. The number of ether oxygens (including phenoxy) is 1. The summed E-state index contributed by atoms with van der Waals surface area (Å²) >= 11 is 3.23. The number of benzene rings is 1. The smallest absolute Gasteiger partial charge is 0.310 e. The molecule has 0 aliphatic heterocycles. The molecule has 0 radical (unpaired) electrons. The van der Waals surface area contributed by atoms with Crippen LogP contribution < -0.4 is 0 Å². The Morgan fingerprint density at radius 2 is 2.25 bits per heavy atom. The first-order valence-corrected chi connectivity index (χ1v) is 5.42. The van der Waals surface area contributed by atoms with Gasteiger partial charge in [0.2, 0.25) is 0 Å². The molecule has 0 saturated carbocycles. The lowest BCUT2D eigenvalue weighted by molar-refractivity contribution is -0.384. The predicted octanol–water partition coefficient (Wildman–Crippen LogP) is 2.46. The number of esters is 1. The Kier molecular flexibility index (Phi) is 4.42. The summed E-state index contributed by atoms with van der Waals surface area (Å²) in [5.74, 6) is -0.399. The second-order valence-corrected chi connectivity index (χ2v) is 3.87. The van der Waals surface area contributed by atoms with Gasteiger partial charge in [-0.3, -0.25) is 14.9 Å². The Morgan fingerprint density at radius 1 is 1.56 bits per heavy atom. The minimum absolute atomic E-state index is 0.0239. The zero-order valence-electron chi connectivity index (χ0n) is 8.60. The molecule has 0 aromatic heterocycles. The summed E-state index contributed by atoms with van der Waals surface area (Å²) in [6.45, 7) is 2.01. The van der Waals surface area contributed by atoms with E-state index in [2.05, 4.69) is 15.9 Å². The molecule has 0 heterocycles. The average molecular weight is 288 g/mol. The highest BCUT2D eigenvalue weighted by Crippen LogP contribution is 2.23. The molecule has 0 N–H and O–H groups in total. The number of nitrogens with zero attached hydrogens (tertiary/aromatic N) is 1. The van der Waals surface area contributed by atoms with E-state index in [0.717, 1.165) is 0 Å². The lowest BCUT2D eigenvalue weighted by atomic mass is 10.1. The van der Waals surface area contributed by atoms with E-state index in [1.807, 2.05) is 0 Å². The van der Waals surface area contributed by atoms with Crippen LogP contribution in [0, 0.1) is 10.1 Å². The van der Waals surface area contributed by atoms with E-state index in [1.165, 1.54) is 12.1 Å². The molecule has 16 heavy (non-hydrogen) atoms. The van der Waals surface area contributed by atoms with Crippen LogP contribution in [-0.2, 0) is 16.0 Å². The van der Waals surface area contributed by atoms with Crippen LogP contribution in [0.5, 0.6) is 0 Å². The highest BCUT2D eigenvalue weighted by Gasteiger charge is 2.12. The number of nitro benzene ring substituents is 1. The highest BCUT2D eigenvalue weighted by molar-refractivity contribution is 9.10. The Morgan fingerprint density at radius 3 is 2.81 bits per heavy atom. The summed E-state index contributed by atoms with van der Waals surface area (Å²) in [5, 5.41) is 10.6. The van der Waals surface area contributed by atoms with Gasteiger partial charge in [-0.1, -0.05) is 15.9 Å². The van der Waals surface area contributed by atoms with Gasteiger partial charge in [-0.05, 0) is 18.6 Å². The number of carbonyl (C=O) groups excluding carboxylic acids is 1. The molecule has 86 valence electrons. The first-order chi connectivity index (χ1) is 7.54. The maximum Gasteiger partial charge on any atom is 0.310 e. The van der Waals surface area contributed by atoms with Crippen molar-refractivity contribution in [2.45, 2.75) is 13.3 Å². The Bertz CT molecular complexity index is 419. The van der Waals surface area contributed by atoms with E-state index in [-0.39, 0.29) is 12.1 Å². The molecular weight excluding hydrogens is 278 g/mol. The van der Waals surface area contributed by atoms with E-state index in [1.54, 1.807) is 13.0 Å². The Labute approximate surface area is 101 Å². The van der Waals surface area contributed by atoms with Crippen LogP contribution in [-0.4, -0.2) is 17.5 Å². The molecule has 5 nitrogen and oxygen atoms in total. The van der Waals surface area contributed by atoms with E-state index >= 15 is 0 Å². The SMILES string of the molecule is CCOC(=O)Cc1cc([N+](=O)[O-])ccc1Br. The number of nitro groups is 1. The van der Waals surface area contributed by atoms with Gasteiger partial charge >= 0.3 is 5.97 Å². The van der Waals surface area contributed by atoms with Gasteiger partial charge in [-0.2, -0.15) is 0 Å². The van der Waals surface area contributed by atoms with Crippen molar-refractivity contribution in [3.63, 3.8) is 0 Å². The van der Waals surface area contributed by atoms with Crippen molar-refractivity contribution in [2.24, 2.45) is 0 Å². The van der Waals surface area contributed by atoms with Gasteiger partial charge in [0.15, 0.2) is 0 Å². The van der Waals surface area contributed by atoms with E-state index < -0.39 is 10.9 Å². The summed E-state index contributed by atoms with van der Waals surface area (Å²) in [6, 6.07) is 4.28. The van der Waals surface area contributed by atoms with Crippen molar-refractivity contribution in [2.75, 3.05) is 6.61 Å². The summed E-state index contributed by atoms with van der Waals surface area (Å²) < 4.78 is 5.43. The first kappa shape index (κ1) is 12.6. The zero-order chi connectivity index (χ0) is 12.1. The van der Waals surface area contributed by atoms with Crippen LogP contribution in [0.1, 0.15) is 12.5 Å². The first-order valence-electron chi connectivity index (χ1n) is 4.63. The molecule has 0 bridgehead atoms. The molecule has 0 saturated heterocycles. The molecule has 0 spiro atoms. The fraction of sp³-hybridized carbons (Fsp3) is 0.300. The number of non-ortho nitro benzene ring substituents is 1. The summed E-state index contributed by atoms with van der Waals surface area (Å²) in [6.07, 6.45) is 0.0239. The maximum atomic E-state index is 11.2. The predicted molar refractivity (Wildman–Crippen MR) is 61.1 cm³/mol. The standard InChI is InChI=1S/C10H10BrNO4/c1-2-16-10(13)6-7-5-8(12(14)15)3-4-9(7)11/h3-5H,2,6H2,1H3. The summed E-state index contributed by atoms with van der Waals surface area (Å²) in [5.41, 5.74) is 0.509. The molecule has 0 aliphatic carbocycles. The van der Waals surface area contributed by atoms with Gasteiger partial charge in [-0.15, -0.1) is 0 Å². The van der Waals surface area contributed by atoms with Gasteiger partial charge in [0, 0.05) is 16.6 Å². The Hall–Kier alpha value is -1.43. The van der Waals surface area contributed by atoms with Crippen LogP contribution in [0.25, 0.3) is 0 Å². The van der Waals surface area contributed by atoms with Gasteiger partial charge in [0.1, 0.15) is 0 Å². The van der Waals surface area contributed by atoms with E-state index in [9.17, 15) is 14.9 Å². The summed E-state index contributed by atoms with van der Waals surface area (Å²) in [4.78, 5) is 21.3. The van der Waals surface area contributed by atoms with E-state index in [0.29, 0.717) is 16.6 Å². The van der Waals surface area contributed by atoms with Gasteiger partial charge in [-0.25, -0.2) is 0 Å². The maximum absolute atomic E-state index is 11.2. The molecule has 0 unspecified atom stereocenters. The molecule has 1 aromatic carbocycles. The van der Waals surface area contributed by atoms with E-state index in [4.69, 9.17) is 4.74 Å². The minimum Gasteiger partial charge on any atom is -0.466 e. The lowest BCUT2D eigenvalue weighted by Gasteiger charge is -2.04. The average Bonchev–Trinajstić information content (AvgIpc) is 2.21. The van der Waals surface area contributed by atoms with Crippen LogP contribution in [0.2, 0.25) is 0 Å². The van der Waals surface area contributed by atoms with Crippen molar-refractivity contribution in [1.82, 2.24) is 0 Å². The normalized spacial score (nSPS) is 9.88. The second-order valence-electron chi connectivity index (χ2n) is 3.01. The molecule has 0 aliphatic rings. The molecule has 1 aromatic rings. The quantitative estimate of drug-likeness (QED) is 0.485. The monoisotopic (exact) mass is 287 g/mol. The third-order valence-electron chi connectivity index (χ3n) is 1.88. The van der Waals surface area contributed by atoms with Crippen LogP contribution in [0.15, 0.2) is 22.7 Å². The topological polar surface area (TPSA) is 69.4 Å². The number of halogens is 1. The third kappa shape index (κ3) is 3.30. The lowest BCUT2D eigenvalue weighted by Crippen LogP contribution is -2.08. The van der Waals surface area contributed by atoms with Crippen molar-refractivity contribution in [1.29, 1.82) is 0 Å². The number of carbonyl (C=O) groups is 1. The van der Waals surface area contributed by atoms with Crippen LogP contribution in [0.4, 0.5) is 5.69 Å². The molecule has 0 atom stereocenters. The van der Waals surface area contributed by atoms with Gasteiger partial charge in [0.05, 0.1) is 18.0 Å². The fourth-order valence-corrected chi connectivity index (χ4v) is 1.56. The fourth-order valence-electron chi connectivity index (χ4n) is 1.18. The molecule has 1 rings (SSSR count). The van der Waals surface area contributed by atoms with Crippen molar-refractivity contribution < 1.29 is 14.5 Å². The van der Waals surface area contributed by atoms with Crippen LogP contribution >= 0.6 is 15.9 Å². The van der Waals surface area contributed by atoms with Crippen LogP contribution in [0.3, 0.4) is 0 Å². The van der Waals surface area contributed by atoms with Gasteiger partial charge in [0.25, 0.3) is 5.69 Å². The zero-order valence-corrected chi connectivity index (χ0v) is 10.2. The second kappa shape index (κ2) is 5.60. The molecule has 6 heteroatoms. The molecule has 0 fully saturated rings. The largest absolute Gasteiger partial charge is 0.466 e. The summed E-state index contributed by atoms with van der Waals surface area (Å²) in [7, 11) is 0. The van der Waals surface area contributed by atoms with Gasteiger partial charge < -0.3 is 4.74 Å². The third-order valence-corrected chi connectivity index (χ3v) is 2.65. The van der Waals surface area contributed by atoms with Crippen molar-refractivity contribution >= 4 is 27.6 Å². The molecule has 0 amide bonds. The number of rotatable bonds is 4. The number of hydrogen-bond acceptors (Lipinski definition) is 4. The van der Waals surface area contributed by atoms with Crippen molar-refractivity contribution in [3.05, 3.63) is 38.3 Å². The Balaban J connectivity index is 2.90.